The first-order valence-corrected chi connectivity index (χ1v) is 7.35. The number of hydrogen-bond donors (Lipinski definition) is 1. The molecule has 0 aliphatic rings. The summed E-state index contributed by atoms with van der Waals surface area (Å²) in [6.45, 7) is 8.45. The lowest BCUT2D eigenvalue weighted by atomic mass is 9.96. The maximum absolute atomic E-state index is 10.1. The summed E-state index contributed by atoms with van der Waals surface area (Å²) in [7, 11) is 0. The third kappa shape index (κ3) is 2.78. The quantitative estimate of drug-likeness (QED) is 0.876. The van der Waals surface area contributed by atoms with Gasteiger partial charge in [0.1, 0.15) is 11.4 Å². The molecule has 0 bridgehead atoms. The predicted molar refractivity (Wildman–Crippen MR) is 80.0 cm³/mol. The molecule has 0 aliphatic carbocycles. The highest BCUT2D eigenvalue weighted by molar-refractivity contribution is 5.64. The Morgan fingerprint density at radius 2 is 1.95 bits per heavy atom. The molecule has 1 N–H and O–H groups in total. The lowest BCUT2D eigenvalue weighted by molar-refractivity contribution is -0.0583. The molecule has 0 atom stereocenters. The van der Waals surface area contributed by atoms with Crippen molar-refractivity contribution < 1.29 is 14.4 Å². The highest BCUT2D eigenvalue weighted by Gasteiger charge is 2.34. The summed E-state index contributed by atoms with van der Waals surface area (Å²) in [6, 6.07) is 5.45. The van der Waals surface area contributed by atoms with Crippen molar-refractivity contribution in [2.24, 2.45) is 0 Å². The van der Waals surface area contributed by atoms with Crippen molar-refractivity contribution >= 4 is 0 Å². The smallest absolute Gasteiger partial charge is 0.261 e. The molecule has 1 aromatic heterocycles. The highest BCUT2D eigenvalue weighted by atomic mass is 16.5. The lowest BCUT2D eigenvalue weighted by Gasteiger charge is -2.27. The van der Waals surface area contributed by atoms with Crippen LogP contribution >= 0.6 is 0 Å². The number of aryl methyl sites for hydroxylation is 1. The number of aromatic hydroxyl groups is 1. The number of phenols is 1. The molecule has 0 saturated heterocycles. The van der Waals surface area contributed by atoms with Crippen molar-refractivity contribution in [3.8, 4) is 17.2 Å². The first kappa shape index (κ1) is 15.5. The Bertz CT molecular complexity index is 603. The second-order valence-electron chi connectivity index (χ2n) is 5.03. The Labute approximate surface area is 125 Å². The van der Waals surface area contributed by atoms with Crippen LogP contribution in [0.4, 0.5) is 0 Å². The van der Waals surface area contributed by atoms with E-state index in [1.807, 2.05) is 39.8 Å². The highest BCUT2D eigenvalue weighted by Crippen LogP contribution is 2.35. The average Bonchev–Trinajstić information content (AvgIpc) is 2.98. The molecule has 1 heterocycles. The molecule has 0 radical (unpaired) electrons. The minimum absolute atomic E-state index is 0.169. The van der Waals surface area contributed by atoms with Crippen LogP contribution in [-0.4, -0.2) is 21.9 Å². The van der Waals surface area contributed by atoms with E-state index < -0.39 is 5.60 Å². The van der Waals surface area contributed by atoms with E-state index in [9.17, 15) is 5.11 Å². The second-order valence-corrected chi connectivity index (χ2v) is 5.03. The summed E-state index contributed by atoms with van der Waals surface area (Å²) in [5, 5.41) is 14.2. The van der Waals surface area contributed by atoms with Gasteiger partial charge >= 0.3 is 0 Å². The fourth-order valence-electron chi connectivity index (χ4n) is 2.46. The summed E-state index contributed by atoms with van der Waals surface area (Å²) >= 11 is 0. The van der Waals surface area contributed by atoms with Crippen LogP contribution < -0.4 is 0 Å². The SMILES string of the molecule is CCOC(CC)(CC)c1noc(-c2cccc(C)c2O)n1. The van der Waals surface area contributed by atoms with E-state index in [-0.39, 0.29) is 5.75 Å². The number of nitrogens with zero attached hydrogens (tertiary/aromatic N) is 2. The van der Waals surface area contributed by atoms with Gasteiger partial charge in [-0.3, -0.25) is 0 Å². The van der Waals surface area contributed by atoms with Crippen LogP contribution in [0.1, 0.15) is 45.0 Å². The number of hydrogen-bond acceptors (Lipinski definition) is 5. The normalized spacial score (nSPS) is 11.8. The molecule has 2 rings (SSSR count). The molecular formula is C16H22N2O3. The van der Waals surface area contributed by atoms with Gasteiger partial charge in [-0.1, -0.05) is 31.1 Å². The second kappa shape index (κ2) is 6.26. The summed E-state index contributed by atoms with van der Waals surface area (Å²) in [5.41, 5.74) is 0.788. The Hall–Kier alpha value is -1.88. The first-order chi connectivity index (χ1) is 10.1. The zero-order chi connectivity index (χ0) is 15.5. The van der Waals surface area contributed by atoms with Crippen LogP contribution in [-0.2, 0) is 10.3 Å². The minimum atomic E-state index is -0.532. The molecule has 0 saturated carbocycles. The number of aromatic nitrogens is 2. The number of ether oxygens (including phenoxy) is 1. The maximum atomic E-state index is 10.1. The van der Waals surface area contributed by atoms with Crippen LogP contribution in [0.25, 0.3) is 11.5 Å². The van der Waals surface area contributed by atoms with Gasteiger partial charge < -0.3 is 14.4 Å². The molecule has 21 heavy (non-hydrogen) atoms. The molecule has 0 amide bonds. The van der Waals surface area contributed by atoms with Crippen LogP contribution in [0.3, 0.4) is 0 Å². The minimum Gasteiger partial charge on any atom is -0.507 e. The average molecular weight is 290 g/mol. The topological polar surface area (TPSA) is 68.4 Å². The van der Waals surface area contributed by atoms with Crippen LogP contribution in [0, 0.1) is 6.92 Å². The Balaban J connectivity index is 2.43. The summed E-state index contributed by atoms with van der Waals surface area (Å²) < 4.78 is 11.2. The molecule has 0 fully saturated rings. The molecular weight excluding hydrogens is 268 g/mol. The first-order valence-electron chi connectivity index (χ1n) is 7.35. The third-order valence-corrected chi connectivity index (χ3v) is 3.86. The van der Waals surface area contributed by atoms with Gasteiger partial charge in [-0.2, -0.15) is 4.98 Å². The monoisotopic (exact) mass is 290 g/mol. The zero-order valence-corrected chi connectivity index (χ0v) is 13.0. The Morgan fingerprint density at radius 1 is 1.24 bits per heavy atom. The molecule has 0 spiro atoms. The summed E-state index contributed by atoms with van der Waals surface area (Å²) in [5.74, 6) is 1.02. The van der Waals surface area contributed by atoms with Gasteiger partial charge in [-0.05, 0) is 38.3 Å². The lowest BCUT2D eigenvalue weighted by Crippen LogP contribution is -2.29. The van der Waals surface area contributed by atoms with E-state index in [2.05, 4.69) is 10.1 Å². The molecule has 5 nitrogen and oxygen atoms in total. The summed E-state index contributed by atoms with van der Waals surface area (Å²) in [4.78, 5) is 4.45. The van der Waals surface area contributed by atoms with Crippen molar-refractivity contribution in [3.05, 3.63) is 29.6 Å². The van der Waals surface area contributed by atoms with Gasteiger partial charge in [0.05, 0.1) is 5.56 Å². The van der Waals surface area contributed by atoms with E-state index in [1.165, 1.54) is 0 Å². The van der Waals surface area contributed by atoms with E-state index in [0.29, 0.717) is 23.9 Å². The van der Waals surface area contributed by atoms with E-state index in [1.54, 1.807) is 6.07 Å². The molecule has 114 valence electrons. The van der Waals surface area contributed by atoms with Crippen LogP contribution in [0.5, 0.6) is 5.75 Å². The van der Waals surface area contributed by atoms with Gasteiger partial charge in [0, 0.05) is 6.61 Å². The predicted octanol–water partition coefficient (Wildman–Crippen LogP) is 3.80. The standard InChI is InChI=1S/C16H22N2O3/c1-5-16(6-2,20-7-3)15-17-14(21-18-15)12-10-8-9-11(4)13(12)19/h8-10,19H,5-7H2,1-4H3. The number of rotatable bonds is 6. The fraction of sp³-hybridized carbons (Fsp3) is 0.500. The van der Waals surface area contributed by atoms with Gasteiger partial charge in [0.25, 0.3) is 5.89 Å². The maximum Gasteiger partial charge on any atom is 0.261 e. The molecule has 0 unspecified atom stereocenters. The summed E-state index contributed by atoms with van der Waals surface area (Å²) in [6.07, 6.45) is 1.52. The zero-order valence-electron chi connectivity index (χ0n) is 13.0. The van der Waals surface area contributed by atoms with E-state index in [0.717, 1.165) is 18.4 Å². The number of para-hydroxylation sites is 1. The van der Waals surface area contributed by atoms with Crippen LogP contribution in [0.15, 0.2) is 22.7 Å². The largest absolute Gasteiger partial charge is 0.507 e. The Morgan fingerprint density at radius 3 is 2.57 bits per heavy atom. The van der Waals surface area contributed by atoms with Crippen molar-refractivity contribution in [2.45, 2.75) is 46.1 Å². The Kier molecular flexibility index (Phi) is 4.63. The van der Waals surface area contributed by atoms with Gasteiger partial charge in [0.15, 0.2) is 0 Å². The van der Waals surface area contributed by atoms with E-state index >= 15 is 0 Å². The third-order valence-electron chi connectivity index (χ3n) is 3.86. The van der Waals surface area contributed by atoms with Crippen molar-refractivity contribution in [1.29, 1.82) is 0 Å². The number of benzene rings is 1. The van der Waals surface area contributed by atoms with Gasteiger partial charge in [-0.25, -0.2) is 0 Å². The molecule has 0 aliphatic heterocycles. The van der Waals surface area contributed by atoms with Gasteiger partial charge in [-0.15, -0.1) is 0 Å². The van der Waals surface area contributed by atoms with Crippen molar-refractivity contribution in [2.75, 3.05) is 6.61 Å². The molecule has 1 aromatic carbocycles. The van der Waals surface area contributed by atoms with Crippen LogP contribution in [0.2, 0.25) is 0 Å². The molecule has 2 aromatic rings. The number of phenolic OH excluding ortho intramolecular Hbond substituents is 1. The van der Waals surface area contributed by atoms with E-state index in [4.69, 9.17) is 9.26 Å². The fourth-order valence-corrected chi connectivity index (χ4v) is 2.46. The van der Waals surface area contributed by atoms with Crippen molar-refractivity contribution in [3.63, 3.8) is 0 Å². The molecule has 5 heteroatoms. The van der Waals surface area contributed by atoms with Gasteiger partial charge in [0.2, 0.25) is 5.82 Å². The van der Waals surface area contributed by atoms with Crippen molar-refractivity contribution in [1.82, 2.24) is 10.1 Å².